The summed E-state index contributed by atoms with van der Waals surface area (Å²) in [6.45, 7) is 2.52. The first-order valence-corrected chi connectivity index (χ1v) is 3.78. The summed E-state index contributed by atoms with van der Waals surface area (Å²) in [5.41, 5.74) is 5.45. The number of pyridine rings is 1. The first-order chi connectivity index (χ1) is 5.83. The van der Waals surface area contributed by atoms with Crippen LogP contribution in [0.4, 0.5) is 5.82 Å². The smallest absolute Gasteiger partial charge is 0.126 e. The molecule has 12 heavy (non-hydrogen) atoms. The number of aromatic nitrogens is 1. The summed E-state index contributed by atoms with van der Waals surface area (Å²) < 4.78 is 5.32. The van der Waals surface area contributed by atoms with Gasteiger partial charge in [-0.2, -0.15) is 0 Å². The maximum atomic E-state index is 5.45. The Morgan fingerprint density at radius 1 is 1.67 bits per heavy atom. The molecule has 0 aliphatic rings. The third-order valence-corrected chi connectivity index (χ3v) is 1.33. The van der Waals surface area contributed by atoms with Crippen LogP contribution in [0.5, 0.6) is 5.75 Å². The van der Waals surface area contributed by atoms with E-state index in [1.54, 1.807) is 18.3 Å². The number of anilines is 1. The molecule has 1 aromatic rings. The number of nitrogen functional groups attached to an aromatic ring is 1. The summed E-state index contributed by atoms with van der Waals surface area (Å²) in [6, 6.07) is 3.48. The monoisotopic (exact) mass is 164 g/mol. The van der Waals surface area contributed by atoms with Gasteiger partial charge in [-0.05, 0) is 13.0 Å². The van der Waals surface area contributed by atoms with Gasteiger partial charge in [-0.25, -0.2) is 4.98 Å². The molecule has 0 unspecified atom stereocenters. The number of ether oxygens (including phenoxy) is 1. The molecule has 0 spiro atoms. The number of nitrogens with two attached hydrogens (primary N) is 1. The Morgan fingerprint density at radius 2 is 2.50 bits per heavy atom. The van der Waals surface area contributed by atoms with Crippen molar-refractivity contribution in [2.45, 2.75) is 6.92 Å². The lowest BCUT2D eigenvalue weighted by molar-refractivity contribution is 0.362. The Bertz CT molecular complexity index is 271. The maximum Gasteiger partial charge on any atom is 0.126 e. The van der Waals surface area contributed by atoms with Crippen molar-refractivity contribution in [3.63, 3.8) is 0 Å². The second-order valence-corrected chi connectivity index (χ2v) is 2.30. The average molecular weight is 164 g/mol. The lowest BCUT2D eigenvalue weighted by Gasteiger charge is -2.02. The van der Waals surface area contributed by atoms with Crippen LogP contribution in [-0.4, -0.2) is 11.6 Å². The van der Waals surface area contributed by atoms with Gasteiger partial charge >= 0.3 is 0 Å². The molecule has 0 radical (unpaired) electrons. The molecule has 0 aliphatic heterocycles. The van der Waals surface area contributed by atoms with Gasteiger partial charge in [0, 0.05) is 12.3 Å². The van der Waals surface area contributed by atoms with Crippen LogP contribution in [-0.2, 0) is 0 Å². The van der Waals surface area contributed by atoms with Gasteiger partial charge in [0.05, 0.1) is 0 Å². The van der Waals surface area contributed by atoms with E-state index in [0.29, 0.717) is 12.4 Å². The van der Waals surface area contributed by atoms with Crippen LogP contribution in [0.15, 0.2) is 30.5 Å². The highest BCUT2D eigenvalue weighted by Crippen LogP contribution is 2.11. The molecule has 0 aliphatic carbocycles. The van der Waals surface area contributed by atoms with E-state index in [4.69, 9.17) is 10.5 Å². The number of hydrogen-bond donors (Lipinski definition) is 1. The summed E-state index contributed by atoms with van der Waals surface area (Å²) in [4.78, 5) is 3.85. The highest BCUT2D eigenvalue weighted by molar-refractivity contribution is 5.35. The number of rotatable bonds is 3. The Balaban J connectivity index is 2.52. The predicted molar refractivity (Wildman–Crippen MR) is 49.0 cm³/mol. The highest BCUT2D eigenvalue weighted by atomic mass is 16.5. The molecule has 0 fully saturated rings. The molecular formula is C9H12N2O. The first-order valence-electron chi connectivity index (χ1n) is 3.78. The topological polar surface area (TPSA) is 48.1 Å². The van der Waals surface area contributed by atoms with Gasteiger partial charge in [-0.15, -0.1) is 0 Å². The Morgan fingerprint density at radius 3 is 3.17 bits per heavy atom. The SMILES string of the molecule is C/C=C/COc1ccnc(N)c1. The molecule has 0 saturated heterocycles. The van der Waals surface area contributed by atoms with E-state index < -0.39 is 0 Å². The molecule has 3 heteroatoms. The van der Waals surface area contributed by atoms with Gasteiger partial charge in [-0.1, -0.05) is 12.2 Å². The van der Waals surface area contributed by atoms with E-state index >= 15 is 0 Å². The zero-order valence-electron chi connectivity index (χ0n) is 7.03. The standard InChI is InChI=1S/C9H12N2O/c1-2-3-6-12-8-4-5-11-9(10)7-8/h2-5,7H,6H2,1H3,(H2,10,11)/b3-2+. The molecule has 0 atom stereocenters. The molecule has 0 bridgehead atoms. The lowest BCUT2D eigenvalue weighted by atomic mass is 10.4. The molecule has 1 heterocycles. The van der Waals surface area contributed by atoms with Crippen LogP contribution >= 0.6 is 0 Å². The second-order valence-electron chi connectivity index (χ2n) is 2.30. The second kappa shape index (κ2) is 4.38. The van der Waals surface area contributed by atoms with Crippen LogP contribution in [0.25, 0.3) is 0 Å². The van der Waals surface area contributed by atoms with Crippen molar-refractivity contribution < 1.29 is 4.74 Å². The molecule has 0 amide bonds. The summed E-state index contributed by atoms with van der Waals surface area (Å²) in [5, 5.41) is 0. The number of hydrogen-bond acceptors (Lipinski definition) is 3. The molecular weight excluding hydrogens is 152 g/mol. The van der Waals surface area contributed by atoms with Crippen LogP contribution in [0, 0.1) is 0 Å². The Hall–Kier alpha value is -1.51. The van der Waals surface area contributed by atoms with Crippen molar-refractivity contribution in [3.8, 4) is 5.75 Å². The molecule has 0 aromatic carbocycles. The van der Waals surface area contributed by atoms with Gasteiger partial charge in [0.2, 0.25) is 0 Å². The van der Waals surface area contributed by atoms with Gasteiger partial charge in [0.15, 0.2) is 0 Å². The van der Waals surface area contributed by atoms with Gasteiger partial charge in [-0.3, -0.25) is 0 Å². The Kier molecular flexibility index (Phi) is 3.14. The minimum absolute atomic E-state index is 0.480. The minimum atomic E-state index is 0.480. The molecule has 3 nitrogen and oxygen atoms in total. The predicted octanol–water partition coefficient (Wildman–Crippen LogP) is 1.62. The fraction of sp³-hybridized carbons (Fsp3) is 0.222. The van der Waals surface area contributed by atoms with Crippen molar-refractivity contribution in [1.29, 1.82) is 0 Å². The zero-order valence-corrected chi connectivity index (χ0v) is 7.03. The zero-order chi connectivity index (χ0) is 8.81. The molecule has 1 rings (SSSR count). The summed E-state index contributed by atoms with van der Waals surface area (Å²) in [7, 11) is 0. The fourth-order valence-electron chi connectivity index (χ4n) is 0.758. The van der Waals surface area contributed by atoms with Gasteiger partial charge < -0.3 is 10.5 Å². The maximum absolute atomic E-state index is 5.45. The van der Waals surface area contributed by atoms with Gasteiger partial charge in [0.25, 0.3) is 0 Å². The van der Waals surface area contributed by atoms with E-state index in [1.807, 2.05) is 19.1 Å². The minimum Gasteiger partial charge on any atom is -0.489 e. The highest BCUT2D eigenvalue weighted by Gasteiger charge is 1.91. The lowest BCUT2D eigenvalue weighted by Crippen LogP contribution is -1.95. The third kappa shape index (κ3) is 2.62. The Labute approximate surface area is 71.9 Å². The van der Waals surface area contributed by atoms with Crippen LogP contribution in [0.1, 0.15) is 6.92 Å². The van der Waals surface area contributed by atoms with E-state index in [0.717, 1.165) is 5.75 Å². The van der Waals surface area contributed by atoms with Crippen LogP contribution < -0.4 is 10.5 Å². The number of allylic oxidation sites excluding steroid dienone is 1. The van der Waals surface area contributed by atoms with E-state index in [2.05, 4.69) is 4.98 Å². The van der Waals surface area contributed by atoms with Crippen molar-refractivity contribution >= 4 is 5.82 Å². The van der Waals surface area contributed by atoms with E-state index in [1.165, 1.54) is 0 Å². The molecule has 1 aromatic heterocycles. The van der Waals surface area contributed by atoms with E-state index in [-0.39, 0.29) is 0 Å². The largest absolute Gasteiger partial charge is 0.489 e. The van der Waals surface area contributed by atoms with Crippen molar-refractivity contribution in [2.24, 2.45) is 0 Å². The molecule has 2 N–H and O–H groups in total. The van der Waals surface area contributed by atoms with Gasteiger partial charge in [0.1, 0.15) is 18.2 Å². The summed E-state index contributed by atoms with van der Waals surface area (Å²) in [5.74, 6) is 1.23. The van der Waals surface area contributed by atoms with Crippen molar-refractivity contribution in [1.82, 2.24) is 4.98 Å². The molecule has 0 saturated carbocycles. The molecule has 64 valence electrons. The number of nitrogens with zero attached hydrogens (tertiary/aromatic N) is 1. The average Bonchev–Trinajstić information content (AvgIpc) is 2.05. The summed E-state index contributed by atoms with van der Waals surface area (Å²) >= 11 is 0. The fourth-order valence-corrected chi connectivity index (χ4v) is 0.758. The third-order valence-electron chi connectivity index (χ3n) is 1.33. The van der Waals surface area contributed by atoms with Crippen molar-refractivity contribution in [3.05, 3.63) is 30.5 Å². The van der Waals surface area contributed by atoms with E-state index in [9.17, 15) is 0 Å². The quantitative estimate of drug-likeness (QED) is 0.690. The van der Waals surface area contributed by atoms with Crippen LogP contribution in [0.2, 0.25) is 0 Å². The summed E-state index contributed by atoms with van der Waals surface area (Å²) in [6.07, 6.45) is 5.49. The normalized spacial score (nSPS) is 10.4. The van der Waals surface area contributed by atoms with Crippen LogP contribution in [0.3, 0.4) is 0 Å². The van der Waals surface area contributed by atoms with Crippen molar-refractivity contribution in [2.75, 3.05) is 12.3 Å². The first kappa shape index (κ1) is 8.59.